The highest BCUT2D eigenvalue weighted by atomic mass is 15.1. The van der Waals surface area contributed by atoms with Crippen molar-refractivity contribution in [3.63, 3.8) is 0 Å². The number of benzene rings is 1. The van der Waals surface area contributed by atoms with E-state index in [1.54, 1.807) is 0 Å². The van der Waals surface area contributed by atoms with Crippen LogP contribution in [0.1, 0.15) is 38.2 Å². The van der Waals surface area contributed by atoms with Crippen LogP contribution in [0.25, 0.3) is 0 Å². The van der Waals surface area contributed by atoms with Crippen LogP contribution in [-0.2, 0) is 0 Å². The molecule has 2 rings (SSSR count). The van der Waals surface area contributed by atoms with Gasteiger partial charge in [-0.15, -0.1) is 0 Å². The molecule has 0 aliphatic heterocycles. The van der Waals surface area contributed by atoms with Crippen molar-refractivity contribution < 1.29 is 0 Å². The predicted molar refractivity (Wildman–Crippen MR) is 72.1 cm³/mol. The van der Waals surface area contributed by atoms with Gasteiger partial charge in [-0.3, -0.25) is 4.99 Å². The maximum absolute atomic E-state index is 5.81. The van der Waals surface area contributed by atoms with Crippen LogP contribution in [0.4, 0.5) is 0 Å². The van der Waals surface area contributed by atoms with Crippen LogP contribution in [0.5, 0.6) is 0 Å². The molecule has 0 aromatic heterocycles. The molecule has 3 nitrogen and oxygen atoms in total. The predicted octanol–water partition coefficient (Wildman–Crippen LogP) is 2.25. The Balaban J connectivity index is 1.83. The summed E-state index contributed by atoms with van der Waals surface area (Å²) in [6.45, 7) is 4.13. The normalized spacial score (nSPS) is 24.5. The van der Waals surface area contributed by atoms with Crippen LogP contribution in [0, 0.1) is 0 Å². The first-order chi connectivity index (χ1) is 8.15. The number of nitrogens with zero attached hydrogens (tertiary/aromatic N) is 1. The summed E-state index contributed by atoms with van der Waals surface area (Å²) >= 11 is 0. The molecule has 0 amide bonds. The molecule has 0 radical (unpaired) electrons. The first kappa shape index (κ1) is 12.0. The van der Waals surface area contributed by atoms with Crippen molar-refractivity contribution in [2.24, 2.45) is 10.7 Å². The maximum atomic E-state index is 5.81. The number of aliphatic imine (C=N–C) groups is 1. The quantitative estimate of drug-likeness (QED) is 0.619. The Morgan fingerprint density at radius 3 is 2.53 bits per heavy atom. The van der Waals surface area contributed by atoms with Crippen LogP contribution in [-0.4, -0.2) is 18.0 Å². The van der Waals surface area contributed by atoms with Crippen molar-refractivity contribution in [2.45, 2.75) is 44.7 Å². The Bertz CT molecular complexity index is 378. The van der Waals surface area contributed by atoms with Crippen LogP contribution >= 0.6 is 0 Å². The van der Waals surface area contributed by atoms with Crippen molar-refractivity contribution in [3.05, 3.63) is 35.9 Å². The molecule has 1 aliphatic carbocycles. The molecule has 1 aromatic rings. The van der Waals surface area contributed by atoms with Gasteiger partial charge in [-0.25, -0.2) is 0 Å². The number of guanidine groups is 1. The zero-order valence-electron chi connectivity index (χ0n) is 10.6. The SMILES string of the molecule is CC(C)NC(N)=NC1CC(c2ccccc2)C1. The highest BCUT2D eigenvalue weighted by molar-refractivity contribution is 5.78. The number of hydrogen-bond donors (Lipinski definition) is 2. The van der Waals surface area contributed by atoms with Gasteiger partial charge in [0.2, 0.25) is 0 Å². The Hall–Kier alpha value is -1.51. The third-order valence-electron chi connectivity index (χ3n) is 3.14. The van der Waals surface area contributed by atoms with E-state index < -0.39 is 0 Å². The van der Waals surface area contributed by atoms with Gasteiger partial charge in [0.05, 0.1) is 6.04 Å². The molecule has 0 spiro atoms. The zero-order valence-corrected chi connectivity index (χ0v) is 10.6. The van der Waals surface area contributed by atoms with E-state index in [2.05, 4.69) is 54.5 Å². The number of nitrogens with one attached hydrogen (secondary N) is 1. The first-order valence-electron chi connectivity index (χ1n) is 6.30. The molecule has 3 heteroatoms. The third-order valence-corrected chi connectivity index (χ3v) is 3.14. The fraction of sp³-hybridized carbons (Fsp3) is 0.500. The van der Waals surface area contributed by atoms with E-state index in [1.165, 1.54) is 5.56 Å². The van der Waals surface area contributed by atoms with Crippen LogP contribution in [0.2, 0.25) is 0 Å². The second kappa shape index (κ2) is 5.21. The van der Waals surface area contributed by atoms with E-state index >= 15 is 0 Å². The van der Waals surface area contributed by atoms with Crippen LogP contribution in [0.3, 0.4) is 0 Å². The first-order valence-corrected chi connectivity index (χ1v) is 6.30. The molecule has 0 bridgehead atoms. The van der Waals surface area contributed by atoms with Crippen molar-refractivity contribution in [3.8, 4) is 0 Å². The average Bonchev–Trinajstić information content (AvgIpc) is 2.23. The van der Waals surface area contributed by atoms with E-state index in [9.17, 15) is 0 Å². The number of rotatable bonds is 3. The lowest BCUT2D eigenvalue weighted by molar-refractivity contribution is 0.352. The highest BCUT2D eigenvalue weighted by Crippen LogP contribution is 2.38. The lowest BCUT2D eigenvalue weighted by Gasteiger charge is -2.33. The average molecular weight is 231 g/mol. The monoisotopic (exact) mass is 231 g/mol. The van der Waals surface area contributed by atoms with Crippen molar-refractivity contribution >= 4 is 5.96 Å². The molecule has 0 unspecified atom stereocenters. The van der Waals surface area contributed by atoms with Gasteiger partial charge in [-0.05, 0) is 38.2 Å². The molecule has 1 fully saturated rings. The summed E-state index contributed by atoms with van der Waals surface area (Å²) in [6, 6.07) is 11.4. The molecule has 0 heterocycles. The van der Waals surface area contributed by atoms with Gasteiger partial charge in [0.25, 0.3) is 0 Å². The molecule has 0 atom stereocenters. The number of nitrogens with two attached hydrogens (primary N) is 1. The van der Waals surface area contributed by atoms with Gasteiger partial charge in [0, 0.05) is 6.04 Å². The minimum absolute atomic E-state index is 0.351. The Morgan fingerprint density at radius 2 is 1.94 bits per heavy atom. The lowest BCUT2D eigenvalue weighted by Crippen LogP contribution is -2.39. The maximum Gasteiger partial charge on any atom is 0.189 e. The van der Waals surface area contributed by atoms with E-state index in [4.69, 9.17) is 5.73 Å². The van der Waals surface area contributed by atoms with E-state index in [0.717, 1.165) is 12.8 Å². The summed E-state index contributed by atoms with van der Waals surface area (Å²) in [5, 5.41) is 3.12. The smallest absolute Gasteiger partial charge is 0.189 e. The third kappa shape index (κ3) is 3.22. The highest BCUT2D eigenvalue weighted by Gasteiger charge is 2.29. The summed E-state index contributed by atoms with van der Waals surface area (Å²) in [7, 11) is 0. The topological polar surface area (TPSA) is 50.4 Å². The second-order valence-corrected chi connectivity index (χ2v) is 5.05. The molecule has 17 heavy (non-hydrogen) atoms. The van der Waals surface area contributed by atoms with Gasteiger partial charge in [0.15, 0.2) is 5.96 Å². The summed E-state index contributed by atoms with van der Waals surface area (Å²) in [5.74, 6) is 1.24. The fourth-order valence-corrected chi connectivity index (χ4v) is 2.22. The Kier molecular flexibility index (Phi) is 3.67. The van der Waals surface area contributed by atoms with Gasteiger partial charge < -0.3 is 11.1 Å². The molecule has 1 saturated carbocycles. The van der Waals surface area contributed by atoms with Crippen LogP contribution in [0.15, 0.2) is 35.3 Å². The number of hydrogen-bond acceptors (Lipinski definition) is 1. The minimum atomic E-state index is 0.351. The van der Waals surface area contributed by atoms with Crippen LogP contribution < -0.4 is 11.1 Å². The van der Waals surface area contributed by atoms with Crippen molar-refractivity contribution in [1.82, 2.24) is 5.32 Å². The molecule has 1 aliphatic rings. The van der Waals surface area contributed by atoms with E-state index in [-0.39, 0.29) is 0 Å². The standard InChI is InChI=1S/C14H21N3/c1-10(2)16-14(15)17-13-8-12(9-13)11-6-4-3-5-7-11/h3-7,10,12-13H,8-9H2,1-2H3,(H3,15,16,17). The summed E-state index contributed by atoms with van der Waals surface area (Å²) in [5.41, 5.74) is 7.23. The van der Waals surface area contributed by atoms with Gasteiger partial charge in [-0.2, -0.15) is 0 Å². The summed E-state index contributed by atoms with van der Waals surface area (Å²) < 4.78 is 0. The van der Waals surface area contributed by atoms with Crippen molar-refractivity contribution in [2.75, 3.05) is 0 Å². The van der Waals surface area contributed by atoms with Gasteiger partial charge >= 0.3 is 0 Å². The molecular formula is C14H21N3. The second-order valence-electron chi connectivity index (χ2n) is 5.05. The van der Waals surface area contributed by atoms with E-state index in [1.807, 2.05) is 0 Å². The largest absolute Gasteiger partial charge is 0.370 e. The van der Waals surface area contributed by atoms with Gasteiger partial charge in [-0.1, -0.05) is 30.3 Å². The molecule has 92 valence electrons. The van der Waals surface area contributed by atoms with Gasteiger partial charge in [0.1, 0.15) is 0 Å². The molecule has 3 N–H and O–H groups in total. The zero-order chi connectivity index (χ0) is 12.3. The Morgan fingerprint density at radius 1 is 1.29 bits per heavy atom. The lowest BCUT2D eigenvalue weighted by atomic mass is 9.76. The Labute approximate surface area is 103 Å². The summed E-state index contributed by atoms with van der Waals surface area (Å²) in [4.78, 5) is 4.48. The molecular weight excluding hydrogens is 210 g/mol. The minimum Gasteiger partial charge on any atom is -0.370 e. The summed E-state index contributed by atoms with van der Waals surface area (Å²) in [6.07, 6.45) is 2.23. The van der Waals surface area contributed by atoms with Crippen molar-refractivity contribution in [1.29, 1.82) is 0 Å². The fourth-order valence-electron chi connectivity index (χ4n) is 2.22. The molecule has 0 saturated heterocycles. The van der Waals surface area contributed by atoms with E-state index in [0.29, 0.717) is 24.0 Å². The molecule has 1 aromatic carbocycles.